The zero-order valence-corrected chi connectivity index (χ0v) is 23.6. The van der Waals surface area contributed by atoms with Crippen molar-refractivity contribution in [3.63, 3.8) is 0 Å². The van der Waals surface area contributed by atoms with Gasteiger partial charge in [-0.3, -0.25) is 0 Å². The lowest BCUT2D eigenvalue weighted by atomic mass is 9.41. The average molecular weight is 514 g/mol. The molecule has 205 valence electrons. The maximum Gasteiger partial charge on any atom is 0.509 e. The van der Waals surface area contributed by atoms with E-state index < -0.39 is 24.0 Å². The Morgan fingerprint density at radius 1 is 0.973 bits per heavy atom. The van der Waals surface area contributed by atoms with Crippen LogP contribution < -0.4 is 0 Å². The highest BCUT2D eigenvalue weighted by molar-refractivity contribution is 5.64. The summed E-state index contributed by atoms with van der Waals surface area (Å²) in [5.74, 6) is 2.58. The molecule has 2 aliphatic heterocycles. The van der Waals surface area contributed by atoms with Gasteiger partial charge >= 0.3 is 6.16 Å². The minimum absolute atomic E-state index is 0.0545. The van der Waals surface area contributed by atoms with E-state index in [1.165, 1.54) is 12.8 Å². The van der Waals surface area contributed by atoms with Gasteiger partial charge in [-0.05, 0) is 105 Å². The zero-order valence-electron chi connectivity index (χ0n) is 23.6. The molecule has 6 nitrogen and oxygen atoms in total. The molecule has 2 spiro atoms. The largest absolute Gasteiger partial charge is 0.509 e. The van der Waals surface area contributed by atoms with E-state index in [0.717, 1.165) is 38.2 Å². The fourth-order valence-electron chi connectivity index (χ4n) is 11.6. The van der Waals surface area contributed by atoms with Crippen molar-refractivity contribution in [1.82, 2.24) is 0 Å². The molecule has 7 rings (SSSR count). The second-order valence-electron chi connectivity index (χ2n) is 15.5. The molecule has 0 amide bonds. The molecule has 0 aromatic carbocycles. The van der Waals surface area contributed by atoms with Crippen molar-refractivity contribution < 1.29 is 29.2 Å². The van der Waals surface area contributed by atoms with Crippen molar-refractivity contribution in [2.24, 2.45) is 44.8 Å². The molecule has 0 aromatic rings. The summed E-state index contributed by atoms with van der Waals surface area (Å²) in [7, 11) is 0. The van der Waals surface area contributed by atoms with Gasteiger partial charge in [-0.2, -0.15) is 0 Å². The van der Waals surface area contributed by atoms with Crippen molar-refractivity contribution in [2.45, 2.75) is 124 Å². The highest BCUT2D eigenvalue weighted by Gasteiger charge is 2.85. The molecule has 2 heterocycles. The van der Waals surface area contributed by atoms with Gasteiger partial charge in [0.15, 0.2) is 6.10 Å². The van der Waals surface area contributed by atoms with Gasteiger partial charge in [0.05, 0.1) is 12.2 Å². The predicted octanol–water partition coefficient (Wildman–Crippen LogP) is 5.76. The summed E-state index contributed by atoms with van der Waals surface area (Å²) in [5, 5.41) is 23.2. The summed E-state index contributed by atoms with van der Waals surface area (Å²) in [6, 6.07) is 0. The maximum atomic E-state index is 12.2. The summed E-state index contributed by atoms with van der Waals surface area (Å²) in [6.45, 7) is 15.3. The second-order valence-corrected chi connectivity index (χ2v) is 15.5. The Morgan fingerprint density at radius 2 is 1.70 bits per heavy atom. The molecule has 6 heteroatoms. The van der Waals surface area contributed by atoms with Crippen LogP contribution in [0, 0.1) is 63.0 Å². The molecular formula is C31H45O6. The van der Waals surface area contributed by atoms with Crippen LogP contribution in [0.5, 0.6) is 0 Å². The summed E-state index contributed by atoms with van der Waals surface area (Å²) >= 11 is 0. The molecule has 37 heavy (non-hydrogen) atoms. The van der Waals surface area contributed by atoms with E-state index in [0.29, 0.717) is 18.4 Å². The smallest absolute Gasteiger partial charge is 0.424 e. The summed E-state index contributed by atoms with van der Waals surface area (Å²) in [5.41, 5.74) is -0.785. The number of rotatable bonds is 1. The van der Waals surface area contributed by atoms with E-state index in [2.05, 4.69) is 34.6 Å². The molecule has 0 unspecified atom stereocenters. The molecule has 0 bridgehead atoms. The van der Waals surface area contributed by atoms with Crippen LogP contribution in [0.3, 0.4) is 0 Å². The Hall–Kier alpha value is -0.850. The first-order valence-corrected chi connectivity index (χ1v) is 14.7. The predicted molar refractivity (Wildman–Crippen MR) is 136 cm³/mol. The number of aliphatic hydroxyl groups is 2. The first kappa shape index (κ1) is 25.1. The Labute approximate surface area is 222 Å². The normalized spacial score (nSPS) is 56.3. The number of ether oxygens (including phenoxy) is 3. The van der Waals surface area contributed by atoms with Gasteiger partial charge in [-0.15, -0.1) is 0 Å². The van der Waals surface area contributed by atoms with Crippen LogP contribution in [-0.4, -0.2) is 40.3 Å². The number of hydrogen-bond donors (Lipinski definition) is 2. The summed E-state index contributed by atoms with van der Waals surface area (Å²) in [4.78, 5) is 12.0. The topological polar surface area (TPSA) is 85.2 Å². The average Bonchev–Trinajstić information content (AvgIpc) is 3.34. The Balaban J connectivity index is 1.23. The monoisotopic (exact) mass is 513 g/mol. The summed E-state index contributed by atoms with van der Waals surface area (Å²) in [6.07, 6.45) is 7.76. The lowest BCUT2D eigenvalue weighted by molar-refractivity contribution is -0.125. The van der Waals surface area contributed by atoms with Gasteiger partial charge in [0.2, 0.25) is 0 Å². The number of cyclic esters (lactones) is 2. The second kappa shape index (κ2) is 7.07. The fraction of sp³-hybridized carbons (Fsp3) is 0.871. The minimum Gasteiger partial charge on any atom is -0.424 e. The Morgan fingerprint density at radius 3 is 2.38 bits per heavy atom. The third-order valence-corrected chi connectivity index (χ3v) is 13.5. The Kier molecular flexibility index (Phi) is 4.80. The molecule has 3 radical (unpaired) electrons. The van der Waals surface area contributed by atoms with Crippen LogP contribution in [0.2, 0.25) is 0 Å². The van der Waals surface area contributed by atoms with Crippen LogP contribution in [0.4, 0.5) is 4.79 Å². The van der Waals surface area contributed by atoms with Gasteiger partial charge in [0.25, 0.3) is 0 Å². The minimum atomic E-state index is -0.792. The van der Waals surface area contributed by atoms with Crippen molar-refractivity contribution in [3.05, 3.63) is 18.1 Å². The van der Waals surface area contributed by atoms with E-state index >= 15 is 0 Å². The molecule has 2 saturated heterocycles. The first-order valence-electron chi connectivity index (χ1n) is 14.7. The lowest BCUT2D eigenvalue weighted by Gasteiger charge is -2.63. The van der Waals surface area contributed by atoms with Crippen LogP contribution in [-0.2, 0) is 14.2 Å². The van der Waals surface area contributed by atoms with Crippen molar-refractivity contribution in [1.29, 1.82) is 0 Å². The van der Waals surface area contributed by atoms with Crippen molar-refractivity contribution in [3.8, 4) is 0 Å². The Bertz CT molecular complexity index is 1020. The molecule has 7 aliphatic rings. The van der Waals surface area contributed by atoms with Gasteiger partial charge in [-0.1, -0.05) is 34.6 Å². The van der Waals surface area contributed by atoms with Gasteiger partial charge in [0.1, 0.15) is 17.8 Å². The standard InChI is InChI=1S/C31H45O6/c1-16-14-17(24-27(4,5)37-25(34)36-24)35-22-21(16)28(6)12-13-31-15-30(31)11-10-20(32)26(2,3)18(30)8-9-19(31)29(28,7)23(22)33/h16,18,20-21,23-24,32-33H,8-15H2,1-7H3/t16-,18+,20+,21+,23+,24+,28-,29-,30-,31+/m1/s1. The number of hydrogen-bond acceptors (Lipinski definition) is 6. The van der Waals surface area contributed by atoms with E-state index in [1.807, 2.05) is 13.8 Å². The SMILES string of the molecule is C[C@@H]1C[C]([C@@H]2OC(=O)OC2(C)C)O[C]2[C@H]1[C@@]1(C)CC[C@@]34C[C@@]35CC[C@H](O)C(C)(C)[C@@H]5CC[C]4[C@]1(C)[C@H]2O. The van der Waals surface area contributed by atoms with Gasteiger partial charge in [-0.25, -0.2) is 4.79 Å². The number of carbonyl (C=O) groups excluding carboxylic acids is 1. The lowest BCUT2D eigenvalue weighted by Crippen LogP contribution is -2.58. The van der Waals surface area contributed by atoms with Crippen molar-refractivity contribution in [2.75, 3.05) is 0 Å². The van der Waals surface area contributed by atoms with Crippen molar-refractivity contribution >= 4 is 6.16 Å². The molecule has 7 fully saturated rings. The van der Waals surface area contributed by atoms with Crippen LogP contribution in [0.1, 0.15) is 99.8 Å². The molecular weight excluding hydrogens is 468 g/mol. The van der Waals surface area contributed by atoms with E-state index in [4.69, 9.17) is 14.2 Å². The first-order chi connectivity index (χ1) is 17.2. The summed E-state index contributed by atoms with van der Waals surface area (Å²) < 4.78 is 17.6. The molecule has 10 atom stereocenters. The third kappa shape index (κ3) is 2.68. The fourth-order valence-corrected chi connectivity index (χ4v) is 11.6. The van der Waals surface area contributed by atoms with E-state index in [-0.39, 0.29) is 45.0 Å². The molecule has 0 aromatic heterocycles. The quantitative estimate of drug-likeness (QED) is 0.434. The van der Waals surface area contributed by atoms with E-state index in [1.54, 1.807) is 5.92 Å². The van der Waals surface area contributed by atoms with Gasteiger partial charge < -0.3 is 24.4 Å². The van der Waals surface area contributed by atoms with Crippen LogP contribution in [0.25, 0.3) is 0 Å². The van der Waals surface area contributed by atoms with Gasteiger partial charge in [0, 0.05) is 11.3 Å². The number of carbonyl (C=O) groups is 1. The number of fused-ring (bicyclic) bond motifs is 4. The highest BCUT2D eigenvalue weighted by Crippen LogP contribution is 2.90. The highest BCUT2D eigenvalue weighted by atomic mass is 16.8. The van der Waals surface area contributed by atoms with E-state index in [9.17, 15) is 15.0 Å². The number of aliphatic hydroxyl groups excluding tert-OH is 2. The van der Waals surface area contributed by atoms with Crippen LogP contribution >= 0.6 is 0 Å². The zero-order chi connectivity index (χ0) is 26.6. The maximum absolute atomic E-state index is 12.2. The molecule has 5 saturated carbocycles. The van der Waals surface area contributed by atoms with Crippen LogP contribution in [0.15, 0.2) is 0 Å². The third-order valence-electron chi connectivity index (χ3n) is 13.5. The molecule has 2 N–H and O–H groups in total. The molecule has 5 aliphatic carbocycles.